The third-order valence-corrected chi connectivity index (χ3v) is 4.30. The van der Waals surface area contributed by atoms with E-state index >= 15 is 0 Å². The molecule has 1 aromatic carbocycles. The van der Waals surface area contributed by atoms with Gasteiger partial charge in [-0.3, -0.25) is 0 Å². The molecule has 22 heavy (non-hydrogen) atoms. The second-order valence-corrected chi connectivity index (χ2v) is 10.8. The summed E-state index contributed by atoms with van der Waals surface area (Å²) in [5.41, 5.74) is 3.87. The minimum absolute atomic E-state index is 0.183. The summed E-state index contributed by atoms with van der Waals surface area (Å²) in [6.45, 7) is 23.4. The molecule has 0 spiro atoms. The van der Waals surface area contributed by atoms with Crippen molar-refractivity contribution in [2.45, 2.75) is 92.9 Å². The van der Waals surface area contributed by atoms with Crippen molar-refractivity contribution in [2.24, 2.45) is 10.8 Å². The Morgan fingerprint density at radius 2 is 0.955 bits per heavy atom. The molecule has 0 atom stereocenters. The molecule has 1 radical (unpaired) electrons. The summed E-state index contributed by atoms with van der Waals surface area (Å²) in [6, 6.07) is 10.2. The molecule has 0 bridgehead atoms. The minimum Gasteiger partial charge on any atom is -0.0601 e. The van der Waals surface area contributed by atoms with Crippen LogP contribution in [0, 0.1) is 16.9 Å². The maximum Gasteiger partial charge on any atom is -0.00983 e. The van der Waals surface area contributed by atoms with E-state index in [1.165, 1.54) is 24.0 Å². The normalized spacial score (nSPS) is 14.3. The van der Waals surface area contributed by atoms with Crippen LogP contribution in [0.25, 0.3) is 0 Å². The number of hydrogen-bond acceptors (Lipinski definition) is 0. The van der Waals surface area contributed by atoms with Crippen LogP contribution in [0.15, 0.2) is 18.2 Å². The maximum atomic E-state index is 3.41. The molecule has 0 aromatic heterocycles. The zero-order valence-corrected chi connectivity index (χ0v) is 16.6. The molecule has 1 rings (SSSR count). The standard InChI is InChI=1S/C22H37/c1-19(2,3)15-21(7,8)17-12-11-13-18(14-17)22(9,10)16-20(4,5)6/h12-14H,15-16H2,1-10H3. The fourth-order valence-electron chi connectivity index (χ4n) is 4.11. The monoisotopic (exact) mass is 301 g/mol. The van der Waals surface area contributed by atoms with E-state index in [4.69, 9.17) is 0 Å². The van der Waals surface area contributed by atoms with E-state index in [2.05, 4.69) is 93.5 Å². The lowest BCUT2D eigenvalue weighted by Crippen LogP contribution is -2.27. The second-order valence-electron chi connectivity index (χ2n) is 10.8. The molecule has 0 aliphatic rings. The zero-order chi connectivity index (χ0) is 17.4. The van der Waals surface area contributed by atoms with Crippen LogP contribution in [0.4, 0.5) is 0 Å². The first-order valence-electron chi connectivity index (χ1n) is 8.65. The highest BCUT2D eigenvalue weighted by atomic mass is 14.4. The van der Waals surface area contributed by atoms with Crippen molar-refractivity contribution in [3.05, 3.63) is 35.4 Å². The Labute approximate surface area is 139 Å². The van der Waals surface area contributed by atoms with Gasteiger partial charge in [0.05, 0.1) is 0 Å². The zero-order valence-electron chi connectivity index (χ0n) is 16.6. The van der Waals surface area contributed by atoms with Crippen molar-refractivity contribution in [3.63, 3.8) is 0 Å². The van der Waals surface area contributed by atoms with Crippen molar-refractivity contribution in [3.8, 4) is 0 Å². The van der Waals surface area contributed by atoms with Crippen LogP contribution in [0.2, 0.25) is 0 Å². The lowest BCUT2D eigenvalue weighted by Gasteiger charge is -2.36. The molecule has 125 valence electrons. The van der Waals surface area contributed by atoms with Gasteiger partial charge in [0.25, 0.3) is 0 Å². The van der Waals surface area contributed by atoms with Gasteiger partial charge in [-0.05, 0) is 51.7 Å². The molecule has 0 saturated heterocycles. The van der Waals surface area contributed by atoms with Gasteiger partial charge in [0.15, 0.2) is 0 Å². The van der Waals surface area contributed by atoms with E-state index in [1.54, 1.807) is 0 Å². The fourth-order valence-corrected chi connectivity index (χ4v) is 4.11. The molecule has 0 saturated carbocycles. The van der Waals surface area contributed by atoms with Crippen LogP contribution >= 0.6 is 0 Å². The second kappa shape index (κ2) is 6.02. The van der Waals surface area contributed by atoms with E-state index in [9.17, 15) is 0 Å². The van der Waals surface area contributed by atoms with Crippen LogP contribution < -0.4 is 0 Å². The maximum absolute atomic E-state index is 3.41. The molecular weight excluding hydrogens is 264 g/mol. The van der Waals surface area contributed by atoms with Gasteiger partial charge in [-0.25, -0.2) is 0 Å². The summed E-state index contributed by atoms with van der Waals surface area (Å²) in [5.74, 6) is 0. The number of rotatable bonds is 4. The van der Waals surface area contributed by atoms with E-state index in [0.717, 1.165) is 0 Å². The quantitative estimate of drug-likeness (QED) is 0.566. The Hall–Kier alpha value is -0.780. The molecule has 0 amide bonds. The fraction of sp³-hybridized carbons (Fsp3) is 0.727. The van der Waals surface area contributed by atoms with Gasteiger partial charge in [-0.1, -0.05) is 87.4 Å². The summed E-state index contributed by atoms with van der Waals surface area (Å²) < 4.78 is 0. The van der Waals surface area contributed by atoms with Gasteiger partial charge >= 0.3 is 0 Å². The predicted molar refractivity (Wildman–Crippen MR) is 99.5 cm³/mol. The van der Waals surface area contributed by atoms with E-state index < -0.39 is 0 Å². The average Bonchev–Trinajstić information content (AvgIpc) is 2.22. The van der Waals surface area contributed by atoms with Crippen molar-refractivity contribution < 1.29 is 0 Å². The molecule has 0 fully saturated rings. The van der Waals surface area contributed by atoms with Gasteiger partial charge in [0.1, 0.15) is 0 Å². The third-order valence-electron chi connectivity index (χ3n) is 4.30. The summed E-state index contributed by atoms with van der Waals surface area (Å²) >= 11 is 0. The van der Waals surface area contributed by atoms with E-state index in [-0.39, 0.29) is 10.8 Å². The average molecular weight is 302 g/mol. The third kappa shape index (κ3) is 5.78. The van der Waals surface area contributed by atoms with Gasteiger partial charge in [-0.15, -0.1) is 0 Å². The first-order chi connectivity index (χ1) is 9.62. The number of hydrogen-bond donors (Lipinski definition) is 0. The summed E-state index contributed by atoms with van der Waals surface area (Å²) in [4.78, 5) is 0. The molecule has 0 nitrogen and oxygen atoms in total. The van der Waals surface area contributed by atoms with E-state index in [1.807, 2.05) is 0 Å². The Kier molecular flexibility index (Phi) is 5.27. The van der Waals surface area contributed by atoms with E-state index in [0.29, 0.717) is 10.8 Å². The molecular formula is C22H37. The first-order valence-corrected chi connectivity index (χ1v) is 8.65. The highest BCUT2D eigenvalue weighted by molar-refractivity contribution is 5.33. The summed E-state index contributed by atoms with van der Waals surface area (Å²) in [7, 11) is 0. The molecule has 1 aromatic rings. The van der Waals surface area contributed by atoms with Gasteiger partial charge in [0.2, 0.25) is 0 Å². The molecule has 0 heteroatoms. The van der Waals surface area contributed by atoms with Crippen LogP contribution in [-0.2, 0) is 10.8 Å². The first kappa shape index (κ1) is 19.3. The highest BCUT2D eigenvalue weighted by Gasteiger charge is 2.31. The molecule has 0 aliphatic heterocycles. The Morgan fingerprint density at radius 3 is 1.23 bits per heavy atom. The SMILES string of the molecule is CC(C)(C)CC(C)(C)c1c[c]cc(C(C)(C)CC(C)(C)C)c1. The Balaban J connectivity index is 3.14. The van der Waals surface area contributed by atoms with Crippen molar-refractivity contribution in [2.75, 3.05) is 0 Å². The largest absolute Gasteiger partial charge is 0.0601 e. The lowest BCUT2D eigenvalue weighted by molar-refractivity contribution is 0.278. The smallest absolute Gasteiger partial charge is 0.00983 e. The minimum atomic E-state index is 0.183. The van der Waals surface area contributed by atoms with Crippen LogP contribution in [0.3, 0.4) is 0 Å². The molecule has 0 heterocycles. The van der Waals surface area contributed by atoms with Gasteiger partial charge < -0.3 is 0 Å². The molecule has 0 N–H and O–H groups in total. The van der Waals surface area contributed by atoms with Crippen LogP contribution in [0.1, 0.15) is 93.2 Å². The van der Waals surface area contributed by atoms with Crippen LogP contribution in [-0.4, -0.2) is 0 Å². The molecule has 0 aliphatic carbocycles. The lowest BCUT2D eigenvalue weighted by atomic mass is 9.69. The van der Waals surface area contributed by atoms with Crippen molar-refractivity contribution in [1.82, 2.24) is 0 Å². The number of benzene rings is 1. The summed E-state index contributed by atoms with van der Waals surface area (Å²) in [5, 5.41) is 0. The van der Waals surface area contributed by atoms with Gasteiger partial charge in [0, 0.05) is 0 Å². The molecule has 0 unspecified atom stereocenters. The van der Waals surface area contributed by atoms with Crippen molar-refractivity contribution >= 4 is 0 Å². The predicted octanol–water partition coefficient (Wildman–Crippen LogP) is 6.91. The van der Waals surface area contributed by atoms with Crippen molar-refractivity contribution in [1.29, 1.82) is 0 Å². The Bertz CT molecular complexity index is 446. The topological polar surface area (TPSA) is 0 Å². The highest BCUT2D eigenvalue weighted by Crippen LogP contribution is 2.40. The Morgan fingerprint density at radius 1 is 0.636 bits per heavy atom. The van der Waals surface area contributed by atoms with Crippen LogP contribution in [0.5, 0.6) is 0 Å². The summed E-state index contributed by atoms with van der Waals surface area (Å²) in [6.07, 6.45) is 2.36. The van der Waals surface area contributed by atoms with Gasteiger partial charge in [-0.2, -0.15) is 0 Å².